The molecule has 1 fully saturated rings. The number of aryl methyl sites for hydroxylation is 1. The second-order valence-electron chi connectivity index (χ2n) is 4.94. The van der Waals surface area contributed by atoms with E-state index in [0.717, 1.165) is 30.7 Å². The van der Waals surface area contributed by atoms with E-state index in [1.54, 1.807) is 12.1 Å². The molecule has 1 unspecified atom stereocenters. The topological polar surface area (TPSA) is 0 Å². The normalized spacial score (nSPS) is 17.8. The first-order valence-electron chi connectivity index (χ1n) is 6.27. The molecule has 0 amide bonds. The van der Waals surface area contributed by atoms with Crippen molar-refractivity contribution in [3.8, 4) is 0 Å². The first-order valence-corrected chi connectivity index (χ1v) is 7.18. The first kappa shape index (κ1) is 13.9. The minimum atomic E-state index is -4.23. The lowest BCUT2D eigenvalue weighted by atomic mass is 10.0. The average Bonchev–Trinajstić information content (AvgIpc) is 3.12. The van der Waals surface area contributed by atoms with Crippen LogP contribution in [0.4, 0.5) is 13.2 Å². The van der Waals surface area contributed by atoms with Crippen LogP contribution in [0.15, 0.2) is 24.3 Å². The Morgan fingerprint density at radius 3 is 2.28 bits per heavy atom. The van der Waals surface area contributed by atoms with Crippen LogP contribution < -0.4 is 0 Å². The van der Waals surface area contributed by atoms with Crippen molar-refractivity contribution >= 4 is 15.9 Å². The van der Waals surface area contributed by atoms with E-state index in [1.165, 1.54) is 25.0 Å². The van der Waals surface area contributed by atoms with Gasteiger partial charge in [0.1, 0.15) is 0 Å². The van der Waals surface area contributed by atoms with Gasteiger partial charge in [0.2, 0.25) is 0 Å². The summed E-state index contributed by atoms with van der Waals surface area (Å²) in [6.07, 6.45) is 1.38. The van der Waals surface area contributed by atoms with Crippen molar-refractivity contribution in [1.29, 1.82) is 0 Å². The SMILES string of the molecule is FC(F)(F)c1ccc(CCCC(Br)C2CC2)cc1. The van der Waals surface area contributed by atoms with Gasteiger partial charge in [0.15, 0.2) is 0 Å². The van der Waals surface area contributed by atoms with Crippen LogP contribution >= 0.6 is 15.9 Å². The summed E-state index contributed by atoms with van der Waals surface area (Å²) in [6.45, 7) is 0. The van der Waals surface area contributed by atoms with E-state index >= 15 is 0 Å². The van der Waals surface area contributed by atoms with Crippen molar-refractivity contribution < 1.29 is 13.2 Å². The monoisotopic (exact) mass is 320 g/mol. The van der Waals surface area contributed by atoms with Crippen LogP contribution in [0.3, 0.4) is 0 Å². The maximum absolute atomic E-state index is 12.4. The number of rotatable bonds is 5. The highest BCUT2D eigenvalue weighted by Gasteiger charge is 2.30. The quantitative estimate of drug-likeness (QED) is 0.654. The van der Waals surface area contributed by atoms with Crippen LogP contribution in [0, 0.1) is 5.92 Å². The third-order valence-electron chi connectivity index (χ3n) is 3.36. The van der Waals surface area contributed by atoms with Gasteiger partial charge in [-0.1, -0.05) is 28.1 Å². The Bertz CT molecular complexity index is 379. The zero-order valence-corrected chi connectivity index (χ0v) is 11.6. The van der Waals surface area contributed by atoms with Gasteiger partial charge in [0.25, 0.3) is 0 Å². The first-order chi connectivity index (χ1) is 8.47. The Morgan fingerprint density at radius 1 is 1.17 bits per heavy atom. The second-order valence-corrected chi connectivity index (χ2v) is 6.12. The lowest BCUT2D eigenvalue weighted by Gasteiger charge is -2.09. The van der Waals surface area contributed by atoms with Gasteiger partial charge in [-0.15, -0.1) is 0 Å². The highest BCUT2D eigenvalue weighted by Crippen LogP contribution is 2.38. The van der Waals surface area contributed by atoms with Gasteiger partial charge in [0.05, 0.1) is 5.56 Å². The molecule has 0 spiro atoms. The molecule has 1 aliphatic carbocycles. The lowest BCUT2D eigenvalue weighted by Crippen LogP contribution is -2.05. The van der Waals surface area contributed by atoms with Gasteiger partial charge >= 0.3 is 6.18 Å². The summed E-state index contributed by atoms with van der Waals surface area (Å²) < 4.78 is 37.1. The molecule has 0 aliphatic heterocycles. The van der Waals surface area contributed by atoms with Crippen molar-refractivity contribution in [1.82, 2.24) is 0 Å². The van der Waals surface area contributed by atoms with Crippen LogP contribution in [0.1, 0.15) is 36.8 Å². The summed E-state index contributed by atoms with van der Waals surface area (Å²) in [6, 6.07) is 5.51. The van der Waals surface area contributed by atoms with E-state index in [-0.39, 0.29) is 0 Å². The summed E-state index contributed by atoms with van der Waals surface area (Å²) in [5.41, 5.74) is 0.418. The van der Waals surface area contributed by atoms with Gasteiger partial charge in [-0.25, -0.2) is 0 Å². The minimum Gasteiger partial charge on any atom is -0.166 e. The Hall–Kier alpha value is -0.510. The average molecular weight is 321 g/mol. The second kappa shape index (κ2) is 5.64. The van der Waals surface area contributed by atoms with Crippen LogP contribution in [0.25, 0.3) is 0 Å². The Morgan fingerprint density at radius 2 is 1.78 bits per heavy atom. The molecule has 1 aromatic carbocycles. The predicted molar refractivity (Wildman–Crippen MR) is 69.8 cm³/mol. The molecular weight excluding hydrogens is 305 g/mol. The van der Waals surface area contributed by atoms with Crippen LogP contribution in [0.5, 0.6) is 0 Å². The number of halogens is 4. The Kier molecular flexibility index (Phi) is 4.36. The summed E-state index contributed by atoms with van der Waals surface area (Å²) in [5, 5.41) is 0. The number of hydrogen-bond donors (Lipinski definition) is 0. The van der Waals surface area contributed by atoms with Gasteiger partial charge in [-0.05, 0) is 55.7 Å². The summed E-state index contributed by atoms with van der Waals surface area (Å²) in [7, 11) is 0. The fourth-order valence-electron chi connectivity index (χ4n) is 2.06. The molecule has 0 nitrogen and oxygen atoms in total. The molecule has 0 aromatic heterocycles. The van der Waals surface area contributed by atoms with Gasteiger partial charge in [0, 0.05) is 4.83 Å². The minimum absolute atomic E-state index is 0.567. The molecule has 100 valence electrons. The van der Waals surface area contributed by atoms with Crippen molar-refractivity contribution in [3.05, 3.63) is 35.4 Å². The molecule has 0 bridgehead atoms. The third-order valence-corrected chi connectivity index (χ3v) is 4.57. The molecule has 0 N–H and O–H groups in total. The third kappa shape index (κ3) is 4.01. The van der Waals surface area contributed by atoms with E-state index in [0.29, 0.717) is 4.83 Å². The molecule has 1 saturated carbocycles. The zero-order chi connectivity index (χ0) is 13.2. The van der Waals surface area contributed by atoms with Crippen molar-refractivity contribution in [3.63, 3.8) is 0 Å². The van der Waals surface area contributed by atoms with Crippen molar-refractivity contribution in [2.24, 2.45) is 5.92 Å². The molecule has 1 atom stereocenters. The maximum atomic E-state index is 12.4. The summed E-state index contributed by atoms with van der Waals surface area (Å²) in [5.74, 6) is 0.831. The number of benzene rings is 1. The zero-order valence-electron chi connectivity index (χ0n) is 10.0. The molecule has 0 saturated heterocycles. The molecule has 18 heavy (non-hydrogen) atoms. The molecule has 2 rings (SSSR count). The van der Waals surface area contributed by atoms with Crippen LogP contribution in [-0.4, -0.2) is 4.83 Å². The van der Waals surface area contributed by atoms with E-state index in [4.69, 9.17) is 0 Å². The summed E-state index contributed by atoms with van der Waals surface area (Å²) in [4.78, 5) is 0.590. The van der Waals surface area contributed by atoms with E-state index in [1.807, 2.05) is 0 Å². The number of hydrogen-bond acceptors (Lipinski definition) is 0. The largest absolute Gasteiger partial charge is 0.416 e. The smallest absolute Gasteiger partial charge is 0.166 e. The fourth-order valence-corrected chi connectivity index (χ4v) is 2.91. The Balaban J connectivity index is 1.79. The van der Waals surface area contributed by atoms with Gasteiger partial charge < -0.3 is 0 Å². The predicted octanol–water partition coefficient (Wildman–Crippen LogP) is 5.20. The lowest BCUT2D eigenvalue weighted by molar-refractivity contribution is -0.137. The molecule has 0 heterocycles. The van der Waals surface area contributed by atoms with E-state index in [2.05, 4.69) is 15.9 Å². The highest BCUT2D eigenvalue weighted by atomic mass is 79.9. The fraction of sp³-hybridized carbons (Fsp3) is 0.571. The van der Waals surface area contributed by atoms with E-state index < -0.39 is 11.7 Å². The van der Waals surface area contributed by atoms with Crippen molar-refractivity contribution in [2.45, 2.75) is 43.1 Å². The molecular formula is C14H16BrF3. The van der Waals surface area contributed by atoms with Crippen LogP contribution in [0.2, 0.25) is 0 Å². The highest BCUT2D eigenvalue weighted by molar-refractivity contribution is 9.09. The van der Waals surface area contributed by atoms with Crippen LogP contribution in [-0.2, 0) is 12.6 Å². The molecule has 1 aliphatic rings. The van der Waals surface area contributed by atoms with Gasteiger partial charge in [-0.3, -0.25) is 0 Å². The number of alkyl halides is 4. The molecule has 0 radical (unpaired) electrons. The summed E-state index contributed by atoms with van der Waals surface area (Å²) >= 11 is 3.67. The van der Waals surface area contributed by atoms with Gasteiger partial charge in [-0.2, -0.15) is 13.2 Å². The maximum Gasteiger partial charge on any atom is 0.416 e. The standard InChI is InChI=1S/C14H16BrF3/c15-13(11-6-7-11)3-1-2-10-4-8-12(9-5-10)14(16,17)18/h4-5,8-9,11,13H,1-3,6-7H2. The van der Waals surface area contributed by atoms with Crippen molar-refractivity contribution in [2.75, 3.05) is 0 Å². The molecule has 4 heteroatoms. The molecule has 1 aromatic rings. The van der Waals surface area contributed by atoms with E-state index in [9.17, 15) is 13.2 Å². The Labute approximate surface area is 114 Å².